The van der Waals surface area contributed by atoms with Gasteiger partial charge in [0.15, 0.2) is 18.1 Å². The van der Waals surface area contributed by atoms with E-state index in [2.05, 4.69) is 10.5 Å². The molecule has 0 fully saturated rings. The van der Waals surface area contributed by atoms with E-state index < -0.39 is 18.5 Å². The van der Waals surface area contributed by atoms with Crippen LogP contribution in [-0.2, 0) is 20.7 Å². The van der Waals surface area contributed by atoms with Crippen molar-refractivity contribution in [1.29, 1.82) is 0 Å². The van der Waals surface area contributed by atoms with Crippen LogP contribution >= 0.6 is 0 Å². The molecule has 32 heavy (non-hydrogen) atoms. The summed E-state index contributed by atoms with van der Waals surface area (Å²) >= 11 is 0. The van der Waals surface area contributed by atoms with Crippen LogP contribution in [-0.4, -0.2) is 31.0 Å². The third-order valence-electron chi connectivity index (χ3n) is 4.81. The molecule has 0 aliphatic carbocycles. The largest absolute Gasteiger partial charge is 0.455 e. The minimum absolute atomic E-state index is 0.148. The van der Waals surface area contributed by atoms with Crippen LogP contribution in [0.3, 0.4) is 0 Å². The summed E-state index contributed by atoms with van der Waals surface area (Å²) in [6.45, 7) is -0.199. The van der Waals surface area contributed by atoms with Crippen molar-refractivity contribution in [2.24, 2.45) is 5.10 Å². The topological polar surface area (TPSA) is 86.2 Å². The molecule has 3 aromatic rings. The van der Waals surface area contributed by atoms with Crippen molar-refractivity contribution >= 4 is 17.6 Å². The first-order valence-corrected chi connectivity index (χ1v) is 10.2. The molecule has 0 radical (unpaired) electrons. The van der Waals surface area contributed by atoms with Gasteiger partial charge in [-0.3, -0.25) is 9.59 Å². The highest BCUT2D eigenvalue weighted by Gasteiger charge is 2.14. The Hall–Kier alpha value is -4.13. The van der Waals surface area contributed by atoms with E-state index in [4.69, 9.17) is 14.2 Å². The van der Waals surface area contributed by atoms with E-state index in [1.54, 1.807) is 0 Å². The Bertz CT molecular complexity index is 1070. The predicted molar refractivity (Wildman–Crippen MR) is 119 cm³/mol. The Labute approximate surface area is 185 Å². The number of hydrazone groups is 1. The standard InChI is InChI=1S/C25H22N2O5/c28-23(16-30-24(29)14-12-18-11-13-21-22(15-18)32-17-31-21)26-27-25(19-7-3-1-4-8-19)20-9-5-2-6-10-20/h1-11,13,15H,12,14,16-17H2,(H,26,28). The quantitative estimate of drug-likeness (QED) is 0.336. The van der Waals surface area contributed by atoms with Gasteiger partial charge in [0, 0.05) is 17.5 Å². The monoisotopic (exact) mass is 430 g/mol. The molecule has 7 nitrogen and oxygen atoms in total. The number of fused-ring (bicyclic) bond motifs is 1. The molecule has 1 heterocycles. The number of esters is 1. The van der Waals surface area contributed by atoms with Gasteiger partial charge in [-0.1, -0.05) is 66.7 Å². The minimum Gasteiger partial charge on any atom is -0.455 e. The first kappa shape index (κ1) is 21.1. The summed E-state index contributed by atoms with van der Waals surface area (Å²) in [6.07, 6.45) is 0.622. The van der Waals surface area contributed by atoms with Gasteiger partial charge in [-0.25, -0.2) is 5.43 Å². The molecular formula is C25H22N2O5. The lowest BCUT2D eigenvalue weighted by Gasteiger charge is -2.08. The lowest BCUT2D eigenvalue weighted by atomic mass is 10.0. The van der Waals surface area contributed by atoms with Crippen molar-refractivity contribution in [3.63, 3.8) is 0 Å². The zero-order chi connectivity index (χ0) is 22.2. The van der Waals surface area contributed by atoms with Crippen LogP contribution in [0.4, 0.5) is 0 Å². The van der Waals surface area contributed by atoms with Crippen molar-refractivity contribution in [2.45, 2.75) is 12.8 Å². The molecule has 1 amide bonds. The van der Waals surface area contributed by atoms with Gasteiger partial charge in [-0.2, -0.15) is 5.10 Å². The Balaban J connectivity index is 1.29. The molecule has 0 atom stereocenters. The molecule has 1 aliphatic rings. The van der Waals surface area contributed by atoms with Crippen LogP contribution in [0.15, 0.2) is 84.0 Å². The highest BCUT2D eigenvalue weighted by molar-refractivity contribution is 6.13. The summed E-state index contributed by atoms with van der Waals surface area (Å²) in [6, 6.07) is 24.6. The molecule has 162 valence electrons. The average molecular weight is 430 g/mol. The van der Waals surface area contributed by atoms with E-state index in [1.807, 2.05) is 78.9 Å². The van der Waals surface area contributed by atoms with E-state index in [1.165, 1.54) is 0 Å². The van der Waals surface area contributed by atoms with Crippen molar-refractivity contribution in [1.82, 2.24) is 5.43 Å². The third-order valence-corrected chi connectivity index (χ3v) is 4.81. The van der Waals surface area contributed by atoms with Gasteiger partial charge < -0.3 is 14.2 Å². The van der Waals surface area contributed by atoms with Crippen molar-refractivity contribution < 1.29 is 23.8 Å². The highest BCUT2D eigenvalue weighted by Crippen LogP contribution is 2.32. The zero-order valence-corrected chi connectivity index (χ0v) is 17.3. The summed E-state index contributed by atoms with van der Waals surface area (Å²) in [5.74, 6) is 0.388. The molecule has 1 aliphatic heterocycles. The number of aryl methyl sites for hydroxylation is 1. The number of nitrogens with zero attached hydrogens (tertiary/aromatic N) is 1. The number of carbonyl (C=O) groups is 2. The van der Waals surface area contributed by atoms with E-state index in [-0.39, 0.29) is 13.2 Å². The summed E-state index contributed by atoms with van der Waals surface area (Å²) in [5.41, 5.74) is 5.75. The summed E-state index contributed by atoms with van der Waals surface area (Å²) < 4.78 is 15.7. The maximum Gasteiger partial charge on any atom is 0.306 e. The van der Waals surface area contributed by atoms with Crippen LogP contribution in [0.1, 0.15) is 23.1 Å². The smallest absolute Gasteiger partial charge is 0.306 e. The van der Waals surface area contributed by atoms with Gasteiger partial charge in [0.1, 0.15) is 0 Å². The maximum absolute atomic E-state index is 12.2. The number of rotatable bonds is 8. The van der Waals surface area contributed by atoms with Gasteiger partial charge in [0.2, 0.25) is 6.79 Å². The Morgan fingerprint density at radius 3 is 2.22 bits per heavy atom. The van der Waals surface area contributed by atoms with E-state index in [0.29, 0.717) is 23.6 Å². The van der Waals surface area contributed by atoms with Gasteiger partial charge in [0.05, 0.1) is 5.71 Å². The van der Waals surface area contributed by atoms with Gasteiger partial charge in [-0.15, -0.1) is 0 Å². The second-order valence-corrected chi connectivity index (χ2v) is 7.08. The highest BCUT2D eigenvalue weighted by atomic mass is 16.7. The molecule has 4 rings (SSSR count). The minimum atomic E-state index is -0.509. The van der Waals surface area contributed by atoms with Gasteiger partial charge >= 0.3 is 5.97 Å². The predicted octanol–water partition coefficient (Wildman–Crippen LogP) is 3.46. The van der Waals surface area contributed by atoms with Crippen molar-refractivity contribution in [3.8, 4) is 11.5 Å². The summed E-state index contributed by atoms with van der Waals surface area (Å²) in [4.78, 5) is 24.2. The fourth-order valence-electron chi connectivity index (χ4n) is 3.20. The Kier molecular flexibility index (Phi) is 6.77. The molecule has 0 bridgehead atoms. The SMILES string of the molecule is O=C(COC(=O)CCc1ccc2c(c1)OCO2)NN=C(c1ccccc1)c1ccccc1. The first-order chi connectivity index (χ1) is 15.7. The number of hydrogen-bond donors (Lipinski definition) is 1. The Morgan fingerprint density at radius 1 is 0.875 bits per heavy atom. The normalized spacial score (nSPS) is 11.5. The molecule has 0 saturated carbocycles. The van der Waals surface area contributed by atoms with Gasteiger partial charge in [0.25, 0.3) is 5.91 Å². The molecule has 0 saturated heterocycles. The van der Waals surface area contributed by atoms with Crippen LogP contribution in [0.2, 0.25) is 0 Å². The number of amides is 1. The molecule has 0 unspecified atom stereocenters. The zero-order valence-electron chi connectivity index (χ0n) is 17.3. The van der Waals surface area contributed by atoms with Crippen LogP contribution in [0.5, 0.6) is 11.5 Å². The average Bonchev–Trinajstić information content (AvgIpc) is 3.31. The maximum atomic E-state index is 12.2. The number of benzene rings is 3. The number of nitrogens with one attached hydrogen (secondary N) is 1. The lowest BCUT2D eigenvalue weighted by Crippen LogP contribution is -2.26. The molecule has 7 heteroatoms. The molecule has 1 N–H and O–H groups in total. The number of hydrogen-bond acceptors (Lipinski definition) is 6. The van der Waals surface area contributed by atoms with Crippen LogP contribution < -0.4 is 14.9 Å². The van der Waals surface area contributed by atoms with Crippen molar-refractivity contribution in [3.05, 3.63) is 95.6 Å². The lowest BCUT2D eigenvalue weighted by molar-refractivity contribution is -0.148. The van der Waals surface area contributed by atoms with Crippen molar-refractivity contribution in [2.75, 3.05) is 13.4 Å². The van der Waals surface area contributed by atoms with Gasteiger partial charge in [-0.05, 0) is 24.1 Å². The fraction of sp³-hybridized carbons (Fsp3) is 0.160. The summed E-state index contributed by atoms with van der Waals surface area (Å²) in [7, 11) is 0. The van der Waals surface area contributed by atoms with E-state index >= 15 is 0 Å². The molecule has 0 spiro atoms. The Morgan fingerprint density at radius 2 is 1.53 bits per heavy atom. The number of ether oxygens (including phenoxy) is 3. The third kappa shape index (κ3) is 5.51. The van der Waals surface area contributed by atoms with Crippen LogP contribution in [0, 0.1) is 0 Å². The van der Waals surface area contributed by atoms with E-state index in [9.17, 15) is 9.59 Å². The molecule has 3 aromatic carbocycles. The molecule has 0 aromatic heterocycles. The summed E-state index contributed by atoms with van der Waals surface area (Å²) in [5, 5.41) is 4.27. The fourth-order valence-corrected chi connectivity index (χ4v) is 3.20. The second-order valence-electron chi connectivity index (χ2n) is 7.08. The first-order valence-electron chi connectivity index (χ1n) is 10.2. The molecular weight excluding hydrogens is 408 g/mol. The second kappa shape index (κ2) is 10.3. The van der Waals surface area contributed by atoms with Crippen LogP contribution in [0.25, 0.3) is 0 Å². The number of carbonyl (C=O) groups excluding carboxylic acids is 2. The van der Waals surface area contributed by atoms with E-state index in [0.717, 1.165) is 16.7 Å².